The van der Waals surface area contributed by atoms with Gasteiger partial charge >= 0.3 is 0 Å². The van der Waals surface area contributed by atoms with Crippen molar-refractivity contribution in [3.63, 3.8) is 0 Å². The molecule has 1 atom stereocenters. The van der Waals surface area contributed by atoms with E-state index in [0.29, 0.717) is 16.3 Å². The molecule has 1 unspecified atom stereocenters. The number of terminal acetylenes is 1. The summed E-state index contributed by atoms with van der Waals surface area (Å²) in [6.07, 6.45) is 5.10. The van der Waals surface area contributed by atoms with E-state index < -0.39 is 0 Å². The van der Waals surface area contributed by atoms with Gasteiger partial charge in [-0.3, -0.25) is 0 Å². The fourth-order valence-corrected chi connectivity index (χ4v) is 2.82. The van der Waals surface area contributed by atoms with Crippen molar-refractivity contribution in [1.29, 1.82) is 0 Å². The third-order valence-corrected chi connectivity index (χ3v) is 3.74. The summed E-state index contributed by atoms with van der Waals surface area (Å²) in [5.41, 5.74) is 0.986. The summed E-state index contributed by atoms with van der Waals surface area (Å²) in [6, 6.07) is 1.30. The second kappa shape index (κ2) is 4.54. The Morgan fingerprint density at radius 2 is 2.50 bits per heavy atom. The number of ether oxygens (including phenoxy) is 1. The van der Waals surface area contributed by atoms with E-state index in [1.165, 1.54) is 17.8 Å². The Labute approximate surface area is 103 Å². The van der Waals surface area contributed by atoms with Crippen molar-refractivity contribution in [2.24, 2.45) is 0 Å². The van der Waals surface area contributed by atoms with Crippen LogP contribution in [0.25, 0.3) is 0 Å². The highest BCUT2D eigenvalue weighted by molar-refractivity contribution is 8.00. The molecule has 16 heavy (non-hydrogen) atoms. The van der Waals surface area contributed by atoms with E-state index in [0.717, 1.165) is 4.90 Å². The second-order valence-corrected chi connectivity index (χ2v) is 4.76. The average Bonchev–Trinajstić information content (AvgIpc) is 2.68. The smallest absolute Gasteiger partial charge is 0.182 e. The van der Waals surface area contributed by atoms with E-state index in [9.17, 15) is 4.39 Å². The number of hydrogen-bond acceptors (Lipinski definition) is 3. The van der Waals surface area contributed by atoms with Crippen molar-refractivity contribution >= 4 is 29.1 Å². The van der Waals surface area contributed by atoms with E-state index >= 15 is 0 Å². The Balaban J connectivity index is 2.27. The molecule has 1 aromatic rings. The molecule has 0 radical (unpaired) electrons. The number of hydrogen-bond donors (Lipinski definition) is 1. The van der Waals surface area contributed by atoms with Crippen molar-refractivity contribution in [1.82, 2.24) is 0 Å². The molecule has 2 rings (SSSR count). The van der Waals surface area contributed by atoms with E-state index in [1.807, 2.05) is 0 Å². The van der Waals surface area contributed by atoms with Gasteiger partial charge in [-0.05, 0) is 13.0 Å². The molecule has 0 saturated carbocycles. The standard InChI is InChI=1S/C11H9ClFNOS/c1-3-4-15-11-14-9-7(12)5-8(13)6(2)10(9)16-11/h1,5,11,14H,4H2,2H3. The first kappa shape index (κ1) is 11.6. The maximum Gasteiger partial charge on any atom is 0.182 e. The molecule has 0 amide bonds. The van der Waals surface area contributed by atoms with Gasteiger partial charge in [-0.2, -0.15) is 0 Å². The lowest BCUT2D eigenvalue weighted by Crippen LogP contribution is -2.14. The molecule has 2 nitrogen and oxygen atoms in total. The summed E-state index contributed by atoms with van der Waals surface area (Å²) in [5, 5.41) is 3.41. The molecule has 0 saturated heterocycles. The van der Waals surface area contributed by atoms with E-state index in [4.69, 9.17) is 22.8 Å². The zero-order chi connectivity index (χ0) is 11.7. The normalized spacial score (nSPS) is 17.8. The van der Waals surface area contributed by atoms with Crippen molar-refractivity contribution in [3.05, 3.63) is 22.5 Å². The Bertz CT molecular complexity index is 472. The van der Waals surface area contributed by atoms with Gasteiger partial charge in [0, 0.05) is 10.5 Å². The van der Waals surface area contributed by atoms with Crippen molar-refractivity contribution < 1.29 is 9.13 Å². The molecular formula is C11H9ClFNOS. The number of nitrogens with one attached hydrogen (secondary N) is 1. The molecule has 0 aromatic heterocycles. The summed E-state index contributed by atoms with van der Waals surface area (Å²) >= 11 is 7.31. The molecular weight excluding hydrogens is 249 g/mol. The number of fused-ring (bicyclic) bond motifs is 1. The van der Waals surface area contributed by atoms with Gasteiger partial charge in [-0.15, -0.1) is 6.42 Å². The van der Waals surface area contributed by atoms with Gasteiger partial charge < -0.3 is 10.1 Å². The van der Waals surface area contributed by atoms with Crippen LogP contribution in [0, 0.1) is 25.1 Å². The molecule has 1 aliphatic rings. The number of halogens is 2. The number of thioether (sulfide) groups is 1. The van der Waals surface area contributed by atoms with Crippen LogP contribution in [0.4, 0.5) is 10.1 Å². The Kier molecular flexibility index (Phi) is 3.29. The van der Waals surface area contributed by atoms with Gasteiger partial charge in [0.05, 0.1) is 10.7 Å². The van der Waals surface area contributed by atoms with Crippen LogP contribution in [0.1, 0.15) is 5.56 Å². The third-order valence-electron chi connectivity index (χ3n) is 2.22. The number of rotatable bonds is 2. The quantitative estimate of drug-likeness (QED) is 0.822. The van der Waals surface area contributed by atoms with E-state index in [1.54, 1.807) is 6.92 Å². The zero-order valence-electron chi connectivity index (χ0n) is 8.51. The van der Waals surface area contributed by atoms with Crippen LogP contribution >= 0.6 is 23.4 Å². The molecule has 5 heteroatoms. The van der Waals surface area contributed by atoms with Gasteiger partial charge in [0.15, 0.2) is 5.56 Å². The SMILES string of the molecule is C#CCOC1Nc2c(Cl)cc(F)c(C)c2S1. The molecule has 1 heterocycles. The van der Waals surface area contributed by atoms with Crippen molar-refractivity contribution in [2.75, 3.05) is 11.9 Å². The van der Waals surface area contributed by atoms with Crippen LogP contribution in [-0.2, 0) is 4.74 Å². The zero-order valence-corrected chi connectivity index (χ0v) is 10.1. The highest BCUT2D eigenvalue weighted by atomic mass is 35.5. The summed E-state index contributed by atoms with van der Waals surface area (Å²) in [7, 11) is 0. The molecule has 1 aliphatic heterocycles. The highest BCUT2D eigenvalue weighted by Crippen LogP contribution is 2.45. The maximum atomic E-state index is 13.4. The van der Waals surface area contributed by atoms with Crippen LogP contribution in [0.2, 0.25) is 5.02 Å². The lowest BCUT2D eigenvalue weighted by Gasteiger charge is -2.08. The lowest BCUT2D eigenvalue weighted by molar-refractivity contribution is 0.164. The lowest BCUT2D eigenvalue weighted by atomic mass is 10.2. The minimum Gasteiger partial charge on any atom is -0.349 e. The molecule has 0 fully saturated rings. The van der Waals surface area contributed by atoms with Crippen molar-refractivity contribution in [2.45, 2.75) is 17.4 Å². The minimum absolute atomic E-state index is 0.206. The molecule has 0 spiro atoms. The van der Waals surface area contributed by atoms with E-state index in [-0.39, 0.29) is 18.0 Å². The predicted molar refractivity (Wildman–Crippen MR) is 64.2 cm³/mol. The van der Waals surface area contributed by atoms with Gasteiger partial charge in [-0.1, -0.05) is 29.3 Å². The van der Waals surface area contributed by atoms with Gasteiger partial charge in [0.2, 0.25) is 0 Å². The molecule has 1 aromatic carbocycles. The second-order valence-electron chi connectivity index (χ2n) is 3.28. The monoisotopic (exact) mass is 257 g/mol. The summed E-state index contributed by atoms with van der Waals surface area (Å²) < 4.78 is 18.7. The molecule has 84 valence electrons. The molecule has 0 aliphatic carbocycles. The maximum absolute atomic E-state index is 13.4. The fourth-order valence-electron chi connectivity index (χ4n) is 1.43. The first-order valence-electron chi connectivity index (χ1n) is 4.60. The first-order chi connectivity index (χ1) is 7.63. The minimum atomic E-state index is -0.310. The van der Waals surface area contributed by atoms with Crippen LogP contribution in [0.15, 0.2) is 11.0 Å². The van der Waals surface area contributed by atoms with Crippen LogP contribution in [0.5, 0.6) is 0 Å². The first-order valence-corrected chi connectivity index (χ1v) is 5.86. The molecule has 1 N–H and O–H groups in total. The topological polar surface area (TPSA) is 21.3 Å². The van der Waals surface area contributed by atoms with Crippen LogP contribution < -0.4 is 5.32 Å². The number of anilines is 1. The van der Waals surface area contributed by atoms with E-state index in [2.05, 4.69) is 11.2 Å². The highest BCUT2D eigenvalue weighted by Gasteiger charge is 2.27. The Hall–Kier alpha value is -0.890. The third kappa shape index (κ3) is 1.99. The summed E-state index contributed by atoms with van der Waals surface area (Å²) in [6.45, 7) is 1.92. The summed E-state index contributed by atoms with van der Waals surface area (Å²) in [4.78, 5) is 0.784. The van der Waals surface area contributed by atoms with Crippen molar-refractivity contribution in [3.8, 4) is 12.3 Å². The molecule has 0 bridgehead atoms. The average molecular weight is 258 g/mol. The Morgan fingerprint density at radius 3 is 3.19 bits per heavy atom. The van der Waals surface area contributed by atoms with Crippen LogP contribution in [-0.4, -0.2) is 12.2 Å². The van der Waals surface area contributed by atoms with Gasteiger partial charge in [0.25, 0.3) is 0 Å². The fraction of sp³-hybridized carbons (Fsp3) is 0.273. The predicted octanol–water partition coefficient (Wildman–Crippen LogP) is 3.24. The summed E-state index contributed by atoms with van der Waals surface area (Å²) in [5.74, 6) is 2.07. The van der Waals surface area contributed by atoms with Crippen LogP contribution in [0.3, 0.4) is 0 Å². The number of benzene rings is 1. The van der Waals surface area contributed by atoms with Gasteiger partial charge in [0.1, 0.15) is 12.4 Å². The van der Waals surface area contributed by atoms with Gasteiger partial charge in [-0.25, -0.2) is 4.39 Å². The largest absolute Gasteiger partial charge is 0.349 e. The Morgan fingerprint density at radius 1 is 1.75 bits per heavy atom.